The van der Waals surface area contributed by atoms with Crippen molar-refractivity contribution < 1.29 is 4.42 Å². The van der Waals surface area contributed by atoms with E-state index in [0.29, 0.717) is 17.7 Å². The molecule has 0 bridgehead atoms. The third kappa shape index (κ3) is 4.39. The molecule has 0 radical (unpaired) electrons. The van der Waals surface area contributed by atoms with Crippen molar-refractivity contribution in [2.75, 3.05) is 0 Å². The quantitative estimate of drug-likeness (QED) is 0.812. The molecule has 1 heterocycles. The molecule has 3 heteroatoms. The van der Waals surface area contributed by atoms with E-state index in [9.17, 15) is 0 Å². The van der Waals surface area contributed by atoms with E-state index in [-0.39, 0.29) is 6.04 Å². The van der Waals surface area contributed by atoms with Crippen molar-refractivity contribution in [2.24, 2.45) is 5.92 Å². The first-order chi connectivity index (χ1) is 9.54. The average Bonchev–Trinajstić information content (AvgIpc) is 2.82. The first-order valence-electron chi connectivity index (χ1n) is 7.11. The lowest BCUT2D eigenvalue weighted by molar-refractivity contribution is 0.461. The fourth-order valence-electron chi connectivity index (χ4n) is 2.23. The van der Waals surface area contributed by atoms with Crippen LogP contribution < -0.4 is 5.32 Å². The Morgan fingerprint density at radius 3 is 2.30 bits per heavy atom. The molecular formula is C17H22ClNO. The number of nitrogens with one attached hydrogen (secondary N) is 1. The maximum Gasteiger partial charge on any atom is 0.193 e. The van der Waals surface area contributed by atoms with Crippen LogP contribution in [0.3, 0.4) is 0 Å². The molecule has 0 saturated carbocycles. The van der Waals surface area contributed by atoms with E-state index >= 15 is 0 Å². The summed E-state index contributed by atoms with van der Waals surface area (Å²) >= 11 is 5.76. The SMILES string of the molecule is CC(C)Cc1ccc(C(C)NCc2ccc(Cl)o2)cc1. The van der Waals surface area contributed by atoms with Gasteiger partial charge in [-0.25, -0.2) is 0 Å². The second kappa shape index (κ2) is 6.96. The number of hydrogen-bond acceptors (Lipinski definition) is 2. The van der Waals surface area contributed by atoms with Gasteiger partial charge in [0.05, 0.1) is 6.54 Å². The zero-order valence-electron chi connectivity index (χ0n) is 12.3. The molecule has 1 atom stereocenters. The summed E-state index contributed by atoms with van der Waals surface area (Å²) in [5, 5.41) is 3.87. The maximum absolute atomic E-state index is 5.76. The molecule has 1 aromatic heterocycles. The zero-order valence-corrected chi connectivity index (χ0v) is 13.1. The predicted octanol–water partition coefficient (Wildman–Crippen LogP) is 4.98. The number of halogens is 1. The second-order valence-corrected chi connectivity index (χ2v) is 6.02. The van der Waals surface area contributed by atoms with Gasteiger partial charge in [-0.15, -0.1) is 0 Å². The summed E-state index contributed by atoms with van der Waals surface area (Å²) in [6.07, 6.45) is 1.13. The van der Waals surface area contributed by atoms with Crippen molar-refractivity contribution in [1.29, 1.82) is 0 Å². The first-order valence-corrected chi connectivity index (χ1v) is 7.49. The molecule has 20 heavy (non-hydrogen) atoms. The van der Waals surface area contributed by atoms with Crippen LogP contribution in [0.2, 0.25) is 5.22 Å². The van der Waals surface area contributed by atoms with Gasteiger partial charge in [0, 0.05) is 6.04 Å². The van der Waals surface area contributed by atoms with Crippen molar-refractivity contribution in [2.45, 2.75) is 39.8 Å². The van der Waals surface area contributed by atoms with Crippen LogP contribution in [0.5, 0.6) is 0 Å². The minimum atomic E-state index is 0.284. The Morgan fingerprint density at radius 2 is 1.75 bits per heavy atom. The van der Waals surface area contributed by atoms with E-state index in [1.54, 1.807) is 6.07 Å². The molecular weight excluding hydrogens is 270 g/mol. The lowest BCUT2D eigenvalue weighted by Crippen LogP contribution is -2.17. The summed E-state index contributed by atoms with van der Waals surface area (Å²) < 4.78 is 5.34. The highest BCUT2D eigenvalue weighted by Gasteiger charge is 2.07. The Hall–Kier alpha value is -1.25. The molecule has 2 nitrogen and oxygen atoms in total. The highest BCUT2D eigenvalue weighted by Crippen LogP contribution is 2.17. The van der Waals surface area contributed by atoms with E-state index in [1.165, 1.54) is 11.1 Å². The smallest absolute Gasteiger partial charge is 0.193 e. The largest absolute Gasteiger partial charge is 0.448 e. The van der Waals surface area contributed by atoms with Crippen LogP contribution in [0.25, 0.3) is 0 Å². The Morgan fingerprint density at radius 1 is 1.05 bits per heavy atom. The fourth-order valence-corrected chi connectivity index (χ4v) is 2.39. The van der Waals surface area contributed by atoms with Gasteiger partial charge in [0.2, 0.25) is 0 Å². The highest BCUT2D eigenvalue weighted by atomic mass is 35.5. The molecule has 0 spiro atoms. The van der Waals surface area contributed by atoms with Crippen LogP contribution in [-0.2, 0) is 13.0 Å². The molecule has 0 aliphatic carbocycles. The summed E-state index contributed by atoms with van der Waals surface area (Å²) in [5.74, 6) is 1.55. The standard InChI is InChI=1S/C17H22ClNO/c1-12(2)10-14-4-6-15(7-5-14)13(3)19-11-16-8-9-17(18)20-16/h4-9,12-13,19H,10-11H2,1-3H3. The van der Waals surface area contributed by atoms with E-state index in [0.717, 1.165) is 12.2 Å². The van der Waals surface area contributed by atoms with Crippen molar-refractivity contribution >= 4 is 11.6 Å². The Bertz CT molecular complexity index is 530. The predicted molar refractivity (Wildman–Crippen MR) is 84.0 cm³/mol. The van der Waals surface area contributed by atoms with Crippen LogP contribution >= 0.6 is 11.6 Å². The van der Waals surface area contributed by atoms with Gasteiger partial charge in [0.25, 0.3) is 0 Å². The molecule has 108 valence electrons. The number of rotatable bonds is 6. The molecule has 0 amide bonds. The minimum Gasteiger partial charge on any atom is -0.448 e. The normalized spacial score (nSPS) is 12.8. The third-order valence-corrected chi connectivity index (χ3v) is 3.54. The third-order valence-electron chi connectivity index (χ3n) is 3.34. The molecule has 1 unspecified atom stereocenters. The molecule has 1 aromatic carbocycles. The van der Waals surface area contributed by atoms with Crippen molar-refractivity contribution in [3.05, 3.63) is 58.5 Å². The van der Waals surface area contributed by atoms with Gasteiger partial charge in [-0.05, 0) is 54.1 Å². The summed E-state index contributed by atoms with van der Waals surface area (Å²) in [6, 6.07) is 12.8. The van der Waals surface area contributed by atoms with Gasteiger partial charge in [-0.3, -0.25) is 0 Å². The molecule has 2 aromatic rings. The highest BCUT2D eigenvalue weighted by molar-refractivity contribution is 6.28. The van der Waals surface area contributed by atoms with Crippen LogP contribution in [0.4, 0.5) is 0 Å². The maximum atomic E-state index is 5.76. The Balaban J connectivity index is 1.90. The van der Waals surface area contributed by atoms with Gasteiger partial charge in [0.1, 0.15) is 5.76 Å². The van der Waals surface area contributed by atoms with Crippen LogP contribution in [0, 0.1) is 5.92 Å². The van der Waals surface area contributed by atoms with Crippen LogP contribution in [0.15, 0.2) is 40.8 Å². The van der Waals surface area contributed by atoms with Crippen LogP contribution in [-0.4, -0.2) is 0 Å². The van der Waals surface area contributed by atoms with Crippen molar-refractivity contribution in [3.8, 4) is 0 Å². The monoisotopic (exact) mass is 291 g/mol. The molecule has 1 N–H and O–H groups in total. The summed E-state index contributed by atoms with van der Waals surface area (Å²) in [7, 11) is 0. The molecule has 0 saturated heterocycles. The van der Waals surface area contributed by atoms with Crippen molar-refractivity contribution in [3.63, 3.8) is 0 Å². The summed E-state index contributed by atoms with van der Waals surface area (Å²) in [5.41, 5.74) is 2.68. The number of benzene rings is 1. The average molecular weight is 292 g/mol. The molecule has 0 fully saturated rings. The lowest BCUT2D eigenvalue weighted by Gasteiger charge is -2.14. The summed E-state index contributed by atoms with van der Waals surface area (Å²) in [4.78, 5) is 0. The topological polar surface area (TPSA) is 25.2 Å². The summed E-state index contributed by atoms with van der Waals surface area (Å²) in [6.45, 7) is 7.32. The van der Waals surface area contributed by atoms with Gasteiger partial charge in [-0.1, -0.05) is 38.1 Å². The van der Waals surface area contributed by atoms with E-state index in [4.69, 9.17) is 16.0 Å². The van der Waals surface area contributed by atoms with E-state index < -0.39 is 0 Å². The van der Waals surface area contributed by atoms with Crippen molar-refractivity contribution in [1.82, 2.24) is 5.32 Å². The number of hydrogen-bond donors (Lipinski definition) is 1. The van der Waals surface area contributed by atoms with Gasteiger partial charge >= 0.3 is 0 Å². The van der Waals surface area contributed by atoms with Gasteiger partial charge in [0.15, 0.2) is 5.22 Å². The number of furan rings is 1. The molecule has 2 rings (SSSR count). The van der Waals surface area contributed by atoms with E-state index in [2.05, 4.69) is 50.4 Å². The fraction of sp³-hybridized carbons (Fsp3) is 0.412. The minimum absolute atomic E-state index is 0.284. The Kier molecular flexibility index (Phi) is 5.27. The Labute approximate surface area is 126 Å². The molecule has 0 aliphatic heterocycles. The van der Waals surface area contributed by atoms with Crippen LogP contribution in [0.1, 0.15) is 43.7 Å². The van der Waals surface area contributed by atoms with Gasteiger partial charge < -0.3 is 9.73 Å². The molecule has 0 aliphatic rings. The second-order valence-electron chi connectivity index (χ2n) is 5.65. The first kappa shape index (κ1) is 15.1. The lowest BCUT2D eigenvalue weighted by atomic mass is 10.00. The van der Waals surface area contributed by atoms with E-state index in [1.807, 2.05) is 6.07 Å². The zero-order chi connectivity index (χ0) is 14.5. The van der Waals surface area contributed by atoms with Gasteiger partial charge in [-0.2, -0.15) is 0 Å².